The van der Waals surface area contributed by atoms with E-state index in [-0.39, 0.29) is 6.54 Å². The molecular weight excluding hydrogens is 188 g/mol. The first kappa shape index (κ1) is 10.1. The Hall–Kier alpha value is -1.98. The number of ether oxygens (including phenoxy) is 1. The molecule has 0 saturated carbocycles. The highest BCUT2D eigenvalue weighted by atomic mass is 16.5. The molecule has 6 nitrogen and oxygen atoms in total. The van der Waals surface area contributed by atoms with Crippen LogP contribution in [0, 0.1) is 5.21 Å². The summed E-state index contributed by atoms with van der Waals surface area (Å²) in [6.45, 7) is 0.0781. The molecule has 1 amide bonds. The molecule has 0 spiro atoms. The second-order valence-electron chi connectivity index (χ2n) is 2.60. The fourth-order valence-electron chi connectivity index (χ4n) is 0.969. The minimum atomic E-state index is -1.13. The maximum absolute atomic E-state index is 11.0. The summed E-state index contributed by atoms with van der Waals surface area (Å²) < 4.78 is 5.41. The minimum absolute atomic E-state index is 0.0781. The molecule has 0 saturated heterocycles. The second-order valence-corrected chi connectivity index (χ2v) is 2.60. The van der Waals surface area contributed by atoms with Crippen molar-refractivity contribution in [2.75, 3.05) is 7.11 Å². The van der Waals surface area contributed by atoms with Crippen molar-refractivity contribution >= 4 is 6.09 Å². The smallest absolute Gasteiger partial charge is 0.404 e. The van der Waals surface area contributed by atoms with Crippen LogP contribution < -0.4 is 14.8 Å². The lowest BCUT2D eigenvalue weighted by molar-refractivity contribution is -0.606. The molecule has 2 N–H and O–H groups in total. The van der Waals surface area contributed by atoms with Crippen LogP contribution in [-0.2, 0) is 6.54 Å². The summed E-state index contributed by atoms with van der Waals surface area (Å²) in [6, 6.07) is 1.59. The van der Waals surface area contributed by atoms with Crippen molar-refractivity contribution < 1.29 is 19.4 Å². The van der Waals surface area contributed by atoms with E-state index in [1.807, 2.05) is 0 Å². The van der Waals surface area contributed by atoms with Gasteiger partial charge in [0.2, 0.25) is 6.20 Å². The predicted octanol–water partition coefficient (Wildman–Crippen LogP) is 0.0962. The maximum atomic E-state index is 11.0. The molecule has 0 fully saturated rings. The van der Waals surface area contributed by atoms with Gasteiger partial charge in [-0.25, -0.2) is 4.79 Å². The van der Waals surface area contributed by atoms with Crippen molar-refractivity contribution in [1.82, 2.24) is 5.32 Å². The Balaban J connectivity index is 2.76. The van der Waals surface area contributed by atoms with E-state index in [9.17, 15) is 10.0 Å². The predicted molar refractivity (Wildman–Crippen MR) is 46.8 cm³/mol. The molecule has 6 heteroatoms. The normalized spacial score (nSPS) is 9.50. The number of nitrogens with one attached hydrogen (secondary N) is 1. The van der Waals surface area contributed by atoms with E-state index in [4.69, 9.17) is 9.84 Å². The molecule has 76 valence electrons. The lowest BCUT2D eigenvalue weighted by Gasteiger charge is -2.04. The van der Waals surface area contributed by atoms with Gasteiger partial charge >= 0.3 is 6.09 Å². The van der Waals surface area contributed by atoms with Crippen LogP contribution in [-0.4, -0.2) is 18.3 Å². The van der Waals surface area contributed by atoms with Crippen LogP contribution in [0.25, 0.3) is 0 Å². The number of hydrogen-bond donors (Lipinski definition) is 2. The number of methoxy groups -OCH3 is 1. The molecule has 0 aliphatic carbocycles. The average molecular weight is 198 g/mol. The third-order valence-electron chi connectivity index (χ3n) is 1.55. The number of rotatable bonds is 3. The molecule has 1 heterocycles. The highest BCUT2D eigenvalue weighted by molar-refractivity contribution is 5.64. The first-order valence-corrected chi connectivity index (χ1v) is 3.85. The third kappa shape index (κ3) is 2.81. The average Bonchev–Trinajstić information content (AvgIpc) is 2.14. The minimum Gasteiger partial charge on any atom is -0.619 e. The van der Waals surface area contributed by atoms with Crippen molar-refractivity contribution in [3.63, 3.8) is 0 Å². The molecule has 0 atom stereocenters. The van der Waals surface area contributed by atoms with Crippen LogP contribution in [0.5, 0.6) is 5.75 Å². The van der Waals surface area contributed by atoms with E-state index in [1.54, 1.807) is 6.07 Å². The van der Waals surface area contributed by atoms with Gasteiger partial charge in [0.05, 0.1) is 13.7 Å². The van der Waals surface area contributed by atoms with Gasteiger partial charge in [0, 0.05) is 5.56 Å². The molecule has 0 radical (unpaired) electrons. The van der Waals surface area contributed by atoms with Gasteiger partial charge in [0.1, 0.15) is 0 Å². The molecule has 0 aliphatic rings. The molecular formula is C8H10N2O4. The van der Waals surface area contributed by atoms with Gasteiger partial charge in [-0.3, -0.25) is 0 Å². The fourth-order valence-corrected chi connectivity index (χ4v) is 0.969. The molecule has 0 unspecified atom stereocenters. The zero-order chi connectivity index (χ0) is 10.6. The largest absolute Gasteiger partial charge is 0.619 e. The lowest BCUT2D eigenvalue weighted by atomic mass is 10.3. The highest BCUT2D eigenvalue weighted by Crippen LogP contribution is 2.08. The van der Waals surface area contributed by atoms with Crippen LogP contribution in [0.3, 0.4) is 0 Å². The monoisotopic (exact) mass is 198 g/mol. The van der Waals surface area contributed by atoms with E-state index >= 15 is 0 Å². The van der Waals surface area contributed by atoms with Crippen LogP contribution in [0.15, 0.2) is 18.5 Å². The number of aromatic nitrogens is 1. The summed E-state index contributed by atoms with van der Waals surface area (Å²) in [4.78, 5) is 10.2. The molecule has 1 aromatic rings. The Bertz CT molecular complexity index is 340. The maximum Gasteiger partial charge on any atom is 0.404 e. The molecule has 1 aromatic heterocycles. The molecule has 14 heavy (non-hydrogen) atoms. The van der Waals surface area contributed by atoms with E-state index in [1.165, 1.54) is 19.5 Å². The number of pyridine rings is 1. The molecule has 0 bridgehead atoms. The van der Waals surface area contributed by atoms with Gasteiger partial charge in [-0.1, -0.05) is 0 Å². The van der Waals surface area contributed by atoms with Crippen LogP contribution >= 0.6 is 0 Å². The van der Waals surface area contributed by atoms with Gasteiger partial charge < -0.3 is 20.4 Å². The Labute approximate surface area is 80.3 Å². The number of carbonyl (C=O) groups is 1. The SMILES string of the molecule is COc1cc(CNC(=O)O)c[n+]([O-])c1. The summed E-state index contributed by atoms with van der Waals surface area (Å²) in [7, 11) is 1.43. The van der Waals surface area contributed by atoms with Crippen LogP contribution in [0.1, 0.15) is 5.56 Å². The Morgan fingerprint density at radius 3 is 3.00 bits per heavy atom. The number of amides is 1. The Morgan fingerprint density at radius 1 is 1.71 bits per heavy atom. The lowest BCUT2D eigenvalue weighted by Crippen LogP contribution is -2.28. The Morgan fingerprint density at radius 2 is 2.43 bits per heavy atom. The van der Waals surface area contributed by atoms with Crippen molar-refractivity contribution in [2.24, 2.45) is 0 Å². The zero-order valence-corrected chi connectivity index (χ0v) is 7.56. The van der Waals surface area contributed by atoms with Crippen molar-refractivity contribution in [1.29, 1.82) is 0 Å². The van der Waals surface area contributed by atoms with E-state index < -0.39 is 6.09 Å². The van der Waals surface area contributed by atoms with Gasteiger partial charge in [0.25, 0.3) is 0 Å². The highest BCUT2D eigenvalue weighted by Gasteiger charge is 2.04. The number of carboxylic acid groups (broad SMARTS) is 1. The Kier molecular flexibility index (Phi) is 3.11. The van der Waals surface area contributed by atoms with Crippen molar-refractivity contribution in [2.45, 2.75) is 6.54 Å². The van der Waals surface area contributed by atoms with E-state index in [2.05, 4.69) is 5.32 Å². The second kappa shape index (κ2) is 4.31. The first-order valence-electron chi connectivity index (χ1n) is 3.85. The van der Waals surface area contributed by atoms with Crippen molar-refractivity contribution in [3.05, 3.63) is 29.2 Å². The summed E-state index contributed by atoms with van der Waals surface area (Å²) in [5.74, 6) is 0.393. The standard InChI is InChI=1S/C8H10N2O4/c1-14-7-2-6(3-9-8(11)12)4-10(13)5-7/h2,4-5,9H,3H2,1H3,(H,11,12). The van der Waals surface area contributed by atoms with Gasteiger partial charge in [0.15, 0.2) is 11.9 Å². The van der Waals surface area contributed by atoms with E-state index in [0.717, 1.165) is 0 Å². The van der Waals surface area contributed by atoms with Gasteiger partial charge in [-0.15, -0.1) is 0 Å². The van der Waals surface area contributed by atoms with Crippen LogP contribution in [0.4, 0.5) is 4.79 Å². The van der Waals surface area contributed by atoms with Gasteiger partial charge in [-0.05, 0) is 6.07 Å². The van der Waals surface area contributed by atoms with E-state index in [0.29, 0.717) is 16.0 Å². The molecule has 1 rings (SSSR count). The van der Waals surface area contributed by atoms with Crippen LogP contribution in [0.2, 0.25) is 0 Å². The fraction of sp³-hybridized carbons (Fsp3) is 0.250. The van der Waals surface area contributed by atoms with Gasteiger partial charge in [-0.2, -0.15) is 4.73 Å². The zero-order valence-electron chi connectivity index (χ0n) is 7.56. The number of nitrogens with zero attached hydrogens (tertiary/aromatic N) is 1. The molecule has 0 aromatic carbocycles. The van der Waals surface area contributed by atoms with Crippen molar-refractivity contribution in [3.8, 4) is 5.75 Å². The summed E-state index contributed by atoms with van der Waals surface area (Å²) in [5, 5.41) is 21.5. The summed E-state index contributed by atoms with van der Waals surface area (Å²) in [5.41, 5.74) is 0.543. The topological polar surface area (TPSA) is 85.5 Å². The molecule has 0 aliphatic heterocycles. The summed E-state index contributed by atoms with van der Waals surface area (Å²) in [6.07, 6.45) is 1.40. The summed E-state index contributed by atoms with van der Waals surface area (Å²) >= 11 is 0. The quantitative estimate of drug-likeness (QED) is 0.532. The first-order chi connectivity index (χ1) is 6.61. The number of hydrogen-bond acceptors (Lipinski definition) is 3. The third-order valence-corrected chi connectivity index (χ3v) is 1.55.